The van der Waals surface area contributed by atoms with Crippen molar-refractivity contribution in [2.75, 3.05) is 20.2 Å². The van der Waals surface area contributed by atoms with Crippen LogP contribution in [0.25, 0.3) is 6.08 Å². The van der Waals surface area contributed by atoms with E-state index in [2.05, 4.69) is 10.3 Å². The molecule has 7 nitrogen and oxygen atoms in total. The molecule has 0 aliphatic carbocycles. The van der Waals surface area contributed by atoms with Crippen LogP contribution in [0.3, 0.4) is 0 Å². The molecule has 4 N–H and O–H groups in total. The van der Waals surface area contributed by atoms with Gasteiger partial charge in [-0.2, -0.15) is 0 Å². The topological polar surface area (TPSA) is 105 Å². The van der Waals surface area contributed by atoms with Gasteiger partial charge >= 0.3 is 0 Å². The average molecular weight is 341 g/mol. The molecule has 1 atom stereocenters. The van der Waals surface area contributed by atoms with Gasteiger partial charge < -0.3 is 20.2 Å². The molecule has 2 rings (SSSR count). The number of hydrogen-bond acceptors (Lipinski definition) is 6. The van der Waals surface area contributed by atoms with Crippen LogP contribution in [0, 0.1) is 0 Å². The van der Waals surface area contributed by atoms with Gasteiger partial charge in [-0.3, -0.25) is 10.1 Å². The summed E-state index contributed by atoms with van der Waals surface area (Å²) in [5.74, 6) is -0.884. The van der Waals surface area contributed by atoms with Crippen LogP contribution in [0.4, 0.5) is 8.78 Å². The lowest BCUT2D eigenvalue weighted by Gasteiger charge is -2.20. The van der Waals surface area contributed by atoms with Crippen LogP contribution < -0.4 is 5.32 Å². The summed E-state index contributed by atoms with van der Waals surface area (Å²) in [6.45, 7) is -0.364. The van der Waals surface area contributed by atoms with Crippen LogP contribution in [-0.2, 0) is 4.79 Å². The van der Waals surface area contributed by atoms with Crippen molar-refractivity contribution in [1.82, 2.24) is 10.2 Å². The third-order valence-electron chi connectivity index (χ3n) is 3.33. The van der Waals surface area contributed by atoms with Crippen LogP contribution in [0.2, 0.25) is 0 Å². The summed E-state index contributed by atoms with van der Waals surface area (Å²) in [5, 5.41) is 30.3. The fourth-order valence-electron chi connectivity index (χ4n) is 2.09. The molecule has 1 amide bonds. The molecule has 24 heavy (non-hydrogen) atoms. The van der Waals surface area contributed by atoms with Gasteiger partial charge in [0.2, 0.25) is 5.96 Å². The molecule has 0 aromatic heterocycles. The maximum absolute atomic E-state index is 12.6. The summed E-state index contributed by atoms with van der Waals surface area (Å²) >= 11 is 0. The lowest BCUT2D eigenvalue weighted by molar-refractivity contribution is -0.115. The van der Waals surface area contributed by atoms with Crippen molar-refractivity contribution in [1.29, 1.82) is 0 Å². The number of nitrogens with one attached hydrogen (secondary N) is 1. The SMILES string of the molecule is CN(CC(O)CO)C1=N/C(=C\c2ccc(C(F)F)c(O)c2)C(=O)N1. The second-order valence-corrected chi connectivity index (χ2v) is 5.25. The highest BCUT2D eigenvalue weighted by molar-refractivity contribution is 6.13. The van der Waals surface area contributed by atoms with E-state index in [9.17, 15) is 23.8 Å². The van der Waals surface area contributed by atoms with Crippen LogP contribution >= 0.6 is 0 Å². The highest BCUT2D eigenvalue weighted by atomic mass is 19.3. The van der Waals surface area contributed by atoms with Crippen molar-refractivity contribution < 1.29 is 28.9 Å². The molecule has 1 heterocycles. The molecule has 0 saturated carbocycles. The first kappa shape index (κ1) is 17.8. The molecule has 1 aromatic carbocycles. The highest BCUT2D eigenvalue weighted by Gasteiger charge is 2.24. The Morgan fingerprint density at radius 3 is 2.71 bits per heavy atom. The van der Waals surface area contributed by atoms with Crippen molar-refractivity contribution in [3.8, 4) is 5.75 Å². The average Bonchev–Trinajstić information content (AvgIpc) is 2.88. The summed E-state index contributed by atoms with van der Waals surface area (Å²) in [7, 11) is 1.57. The van der Waals surface area contributed by atoms with Crippen molar-refractivity contribution in [2.45, 2.75) is 12.5 Å². The summed E-state index contributed by atoms with van der Waals surface area (Å²) in [4.78, 5) is 17.4. The van der Waals surface area contributed by atoms with Gasteiger partial charge in [0, 0.05) is 13.6 Å². The van der Waals surface area contributed by atoms with Crippen molar-refractivity contribution in [2.24, 2.45) is 4.99 Å². The zero-order chi connectivity index (χ0) is 17.9. The number of carbonyl (C=O) groups excluding carboxylic acids is 1. The van der Waals surface area contributed by atoms with E-state index in [1.54, 1.807) is 7.05 Å². The summed E-state index contributed by atoms with van der Waals surface area (Å²) in [5.41, 5.74) is -0.125. The Kier molecular flexibility index (Phi) is 5.47. The number of benzene rings is 1. The predicted octanol–water partition coefficient (Wildman–Crippen LogP) is 0.442. The Bertz CT molecular complexity index is 691. The zero-order valence-electron chi connectivity index (χ0n) is 12.8. The Morgan fingerprint density at radius 1 is 1.42 bits per heavy atom. The number of carbonyl (C=O) groups is 1. The van der Waals surface area contributed by atoms with Gasteiger partial charge in [0.25, 0.3) is 12.3 Å². The Morgan fingerprint density at radius 2 is 2.12 bits per heavy atom. The van der Waals surface area contributed by atoms with E-state index in [4.69, 9.17) is 5.11 Å². The number of hydrogen-bond donors (Lipinski definition) is 4. The fraction of sp³-hybridized carbons (Fsp3) is 0.333. The number of aliphatic hydroxyl groups excluding tert-OH is 2. The normalized spacial score (nSPS) is 17.2. The van der Waals surface area contributed by atoms with Gasteiger partial charge in [0.1, 0.15) is 11.4 Å². The molecule has 0 spiro atoms. The van der Waals surface area contributed by atoms with Crippen LogP contribution in [-0.4, -0.2) is 58.4 Å². The van der Waals surface area contributed by atoms with Crippen LogP contribution in [0.1, 0.15) is 17.6 Å². The number of amides is 1. The minimum atomic E-state index is -2.79. The monoisotopic (exact) mass is 341 g/mol. The smallest absolute Gasteiger partial charge is 0.276 e. The molecule has 130 valence electrons. The Labute approximate surface area is 136 Å². The van der Waals surface area contributed by atoms with E-state index in [-0.39, 0.29) is 18.2 Å². The van der Waals surface area contributed by atoms with Gasteiger partial charge in [0.05, 0.1) is 18.3 Å². The van der Waals surface area contributed by atoms with Crippen molar-refractivity contribution in [3.05, 3.63) is 35.0 Å². The van der Waals surface area contributed by atoms with E-state index in [0.717, 1.165) is 12.1 Å². The minimum absolute atomic E-state index is 0.0273. The summed E-state index contributed by atoms with van der Waals surface area (Å²) in [6.07, 6.45) is -2.44. The van der Waals surface area contributed by atoms with Crippen LogP contribution in [0.15, 0.2) is 28.9 Å². The molecule has 1 aliphatic rings. The molecular weight excluding hydrogens is 324 g/mol. The molecular formula is C15H17F2N3O4. The summed E-state index contributed by atoms with van der Waals surface area (Å²) in [6, 6.07) is 3.54. The maximum Gasteiger partial charge on any atom is 0.276 e. The van der Waals surface area contributed by atoms with Gasteiger partial charge in [-0.1, -0.05) is 6.07 Å². The van der Waals surface area contributed by atoms with Gasteiger partial charge in [0.15, 0.2) is 0 Å². The molecule has 1 aliphatic heterocycles. The number of aromatic hydroxyl groups is 1. The molecule has 0 radical (unpaired) electrons. The van der Waals surface area contributed by atoms with E-state index in [0.29, 0.717) is 5.56 Å². The van der Waals surface area contributed by atoms with Gasteiger partial charge in [-0.05, 0) is 23.8 Å². The van der Waals surface area contributed by atoms with Gasteiger partial charge in [-0.15, -0.1) is 0 Å². The first-order chi connectivity index (χ1) is 11.3. The lowest BCUT2D eigenvalue weighted by atomic mass is 10.1. The number of alkyl halides is 2. The van der Waals surface area contributed by atoms with E-state index >= 15 is 0 Å². The van der Waals surface area contributed by atoms with Crippen molar-refractivity contribution >= 4 is 17.9 Å². The second kappa shape index (κ2) is 7.37. The first-order valence-corrected chi connectivity index (χ1v) is 7.04. The zero-order valence-corrected chi connectivity index (χ0v) is 12.8. The number of nitrogens with zero attached hydrogens (tertiary/aromatic N) is 2. The molecule has 1 aromatic rings. The molecule has 0 fully saturated rings. The maximum atomic E-state index is 12.6. The third kappa shape index (κ3) is 4.06. The largest absolute Gasteiger partial charge is 0.507 e. The number of phenols is 1. The minimum Gasteiger partial charge on any atom is -0.507 e. The quantitative estimate of drug-likeness (QED) is 0.582. The number of likely N-dealkylation sites (N-methyl/N-ethyl adjacent to an activating group) is 1. The van der Waals surface area contributed by atoms with Crippen molar-refractivity contribution in [3.63, 3.8) is 0 Å². The number of aliphatic imine (C=N–C) groups is 1. The number of guanidine groups is 1. The molecule has 0 saturated heterocycles. The molecule has 1 unspecified atom stereocenters. The fourth-order valence-corrected chi connectivity index (χ4v) is 2.09. The molecule has 0 bridgehead atoms. The highest BCUT2D eigenvalue weighted by Crippen LogP contribution is 2.29. The standard InChI is InChI=1S/C15H17F2N3O4/c1-20(6-9(22)7-21)15-18-11(14(24)19-15)4-8-2-3-10(13(16)17)12(23)5-8/h2-5,9,13,21-23H,6-7H2,1H3,(H,18,19,24)/b11-4-. The van der Waals surface area contributed by atoms with E-state index < -0.39 is 36.4 Å². The lowest BCUT2D eigenvalue weighted by Crippen LogP contribution is -2.42. The predicted molar refractivity (Wildman–Crippen MR) is 82.3 cm³/mol. The van der Waals surface area contributed by atoms with Crippen LogP contribution in [0.5, 0.6) is 5.75 Å². The number of aliphatic hydroxyl groups is 2. The number of rotatable bonds is 5. The van der Waals surface area contributed by atoms with E-state index in [1.165, 1.54) is 17.0 Å². The molecule has 9 heteroatoms. The number of halogens is 2. The van der Waals surface area contributed by atoms with Gasteiger partial charge in [-0.25, -0.2) is 13.8 Å². The number of phenolic OH excluding ortho intramolecular Hbond substituents is 1. The first-order valence-electron chi connectivity index (χ1n) is 7.04. The summed E-state index contributed by atoms with van der Waals surface area (Å²) < 4.78 is 25.2. The van der Waals surface area contributed by atoms with E-state index in [1.807, 2.05) is 0 Å². The third-order valence-corrected chi connectivity index (χ3v) is 3.33. The Hall–Kier alpha value is -2.52. The Balaban J connectivity index is 2.20. The second-order valence-electron chi connectivity index (χ2n) is 5.25.